The predicted octanol–water partition coefficient (Wildman–Crippen LogP) is 3.86. The number of alkyl halides is 4. The highest BCUT2D eigenvalue weighted by Gasteiger charge is 2.29. The van der Waals surface area contributed by atoms with Gasteiger partial charge in [-0.15, -0.1) is 0 Å². The van der Waals surface area contributed by atoms with Gasteiger partial charge in [0.25, 0.3) is 12.9 Å². The molecular weight excluding hydrogens is 326 g/mol. The molecule has 22 heavy (non-hydrogen) atoms. The van der Waals surface area contributed by atoms with E-state index >= 15 is 0 Å². The van der Waals surface area contributed by atoms with Crippen LogP contribution in [-0.2, 0) is 11.3 Å². The highest BCUT2D eigenvalue weighted by atomic mass is 35.5. The molecule has 0 bridgehead atoms. The Balaban J connectivity index is 2.10. The summed E-state index contributed by atoms with van der Waals surface area (Å²) in [7, 11) is 0. The van der Waals surface area contributed by atoms with Gasteiger partial charge >= 0.3 is 0 Å². The minimum atomic E-state index is -3.09. The second-order valence-electron chi connectivity index (χ2n) is 5.25. The van der Waals surface area contributed by atoms with Crippen molar-refractivity contribution in [2.24, 2.45) is 0 Å². The zero-order valence-corrected chi connectivity index (χ0v) is 12.4. The van der Waals surface area contributed by atoms with E-state index in [1.807, 2.05) is 0 Å². The van der Waals surface area contributed by atoms with Crippen molar-refractivity contribution >= 4 is 17.5 Å². The third-order valence-electron chi connectivity index (χ3n) is 3.63. The quantitative estimate of drug-likeness (QED) is 0.827. The summed E-state index contributed by atoms with van der Waals surface area (Å²) in [5, 5.41) is 5.29. The monoisotopic (exact) mass is 341 g/mol. The van der Waals surface area contributed by atoms with Crippen LogP contribution in [0.5, 0.6) is 0 Å². The molecule has 1 aliphatic rings. The number of hydrogen-bond donors (Lipinski definition) is 1. The zero-order valence-electron chi connectivity index (χ0n) is 11.7. The SMILES string of the molecule is O=C(Cn1nc(C(F)F)c(Cl)c1C(F)F)NC1CCCCC1. The van der Waals surface area contributed by atoms with Gasteiger partial charge in [0.05, 0.1) is 5.02 Å². The number of rotatable bonds is 5. The van der Waals surface area contributed by atoms with E-state index < -0.39 is 41.7 Å². The van der Waals surface area contributed by atoms with Gasteiger partial charge in [-0.2, -0.15) is 5.10 Å². The van der Waals surface area contributed by atoms with Crippen LogP contribution in [0.4, 0.5) is 17.6 Å². The maximum absolute atomic E-state index is 13.0. The van der Waals surface area contributed by atoms with Crippen molar-refractivity contribution in [3.8, 4) is 0 Å². The molecule has 0 radical (unpaired) electrons. The van der Waals surface area contributed by atoms with Gasteiger partial charge in [-0.25, -0.2) is 17.6 Å². The summed E-state index contributed by atoms with van der Waals surface area (Å²) >= 11 is 5.52. The van der Waals surface area contributed by atoms with Crippen molar-refractivity contribution in [1.82, 2.24) is 15.1 Å². The van der Waals surface area contributed by atoms with Crippen LogP contribution >= 0.6 is 11.6 Å². The van der Waals surface area contributed by atoms with Gasteiger partial charge in [0.2, 0.25) is 5.91 Å². The van der Waals surface area contributed by atoms with Crippen molar-refractivity contribution in [2.45, 2.75) is 57.5 Å². The predicted molar refractivity (Wildman–Crippen MR) is 72.2 cm³/mol. The summed E-state index contributed by atoms with van der Waals surface area (Å²) in [6.07, 6.45) is -1.41. The normalized spacial score (nSPS) is 16.5. The smallest absolute Gasteiger partial charge is 0.283 e. The van der Waals surface area contributed by atoms with E-state index in [2.05, 4.69) is 10.4 Å². The second-order valence-corrected chi connectivity index (χ2v) is 5.62. The van der Waals surface area contributed by atoms with E-state index in [9.17, 15) is 22.4 Å². The fourth-order valence-corrected chi connectivity index (χ4v) is 2.90. The fraction of sp³-hybridized carbons (Fsp3) is 0.692. The molecule has 0 spiro atoms. The molecule has 1 heterocycles. The number of nitrogens with zero attached hydrogens (tertiary/aromatic N) is 2. The Morgan fingerprint density at radius 2 is 1.86 bits per heavy atom. The molecule has 4 nitrogen and oxygen atoms in total. The topological polar surface area (TPSA) is 46.9 Å². The molecule has 0 saturated heterocycles. The van der Waals surface area contributed by atoms with Crippen LogP contribution in [0, 0.1) is 0 Å². The first-order valence-corrected chi connectivity index (χ1v) is 7.39. The lowest BCUT2D eigenvalue weighted by Crippen LogP contribution is -2.38. The fourth-order valence-electron chi connectivity index (χ4n) is 2.60. The number of carbonyl (C=O) groups excluding carboxylic acids is 1. The lowest BCUT2D eigenvalue weighted by atomic mass is 9.95. The highest BCUT2D eigenvalue weighted by molar-refractivity contribution is 6.32. The van der Waals surface area contributed by atoms with Gasteiger partial charge in [0.15, 0.2) is 0 Å². The number of aromatic nitrogens is 2. The first-order chi connectivity index (χ1) is 10.4. The van der Waals surface area contributed by atoms with Crippen molar-refractivity contribution < 1.29 is 22.4 Å². The number of hydrogen-bond acceptors (Lipinski definition) is 2. The molecule has 1 aromatic rings. The highest BCUT2D eigenvalue weighted by Crippen LogP contribution is 2.34. The van der Waals surface area contributed by atoms with E-state index in [-0.39, 0.29) is 6.04 Å². The van der Waals surface area contributed by atoms with Gasteiger partial charge < -0.3 is 5.32 Å². The lowest BCUT2D eigenvalue weighted by Gasteiger charge is -2.22. The van der Waals surface area contributed by atoms with Gasteiger partial charge in [-0.3, -0.25) is 9.48 Å². The molecule has 1 aromatic heterocycles. The average molecular weight is 342 g/mol. The van der Waals surface area contributed by atoms with Crippen LogP contribution in [0.15, 0.2) is 0 Å². The minimum absolute atomic E-state index is 0.00291. The molecule has 0 aliphatic heterocycles. The van der Waals surface area contributed by atoms with Crippen LogP contribution in [0.2, 0.25) is 5.02 Å². The van der Waals surface area contributed by atoms with E-state index in [4.69, 9.17) is 11.6 Å². The number of nitrogens with one attached hydrogen (secondary N) is 1. The van der Waals surface area contributed by atoms with E-state index in [1.165, 1.54) is 0 Å². The molecule has 0 aromatic carbocycles. The van der Waals surface area contributed by atoms with Crippen LogP contribution in [0.3, 0.4) is 0 Å². The van der Waals surface area contributed by atoms with Crippen molar-refractivity contribution in [1.29, 1.82) is 0 Å². The Kier molecular flexibility index (Phi) is 5.66. The number of amides is 1. The molecule has 1 aliphatic carbocycles. The van der Waals surface area contributed by atoms with Crippen molar-refractivity contribution in [2.75, 3.05) is 0 Å². The van der Waals surface area contributed by atoms with Crippen LogP contribution in [-0.4, -0.2) is 21.7 Å². The molecule has 2 rings (SSSR count). The van der Waals surface area contributed by atoms with Crippen LogP contribution in [0.25, 0.3) is 0 Å². The van der Waals surface area contributed by atoms with E-state index in [1.54, 1.807) is 0 Å². The molecule has 124 valence electrons. The van der Waals surface area contributed by atoms with Crippen molar-refractivity contribution in [3.63, 3.8) is 0 Å². The van der Waals surface area contributed by atoms with Crippen molar-refractivity contribution in [3.05, 3.63) is 16.4 Å². The van der Waals surface area contributed by atoms with Gasteiger partial charge in [0.1, 0.15) is 17.9 Å². The summed E-state index contributed by atoms with van der Waals surface area (Å²) in [4.78, 5) is 11.9. The summed E-state index contributed by atoms with van der Waals surface area (Å²) in [6.45, 7) is -0.553. The molecule has 1 fully saturated rings. The van der Waals surface area contributed by atoms with Crippen LogP contribution < -0.4 is 5.32 Å². The maximum Gasteiger partial charge on any atom is 0.283 e. The second kappa shape index (κ2) is 7.30. The Hall–Kier alpha value is -1.31. The molecule has 1 saturated carbocycles. The lowest BCUT2D eigenvalue weighted by molar-refractivity contribution is -0.122. The summed E-state index contributed by atoms with van der Waals surface area (Å²) in [6, 6.07) is -0.00291. The largest absolute Gasteiger partial charge is 0.352 e. The zero-order chi connectivity index (χ0) is 16.3. The average Bonchev–Trinajstić information content (AvgIpc) is 2.76. The van der Waals surface area contributed by atoms with Gasteiger partial charge in [-0.05, 0) is 12.8 Å². The third-order valence-corrected chi connectivity index (χ3v) is 4.02. The summed E-state index contributed by atoms with van der Waals surface area (Å²) < 4.78 is 51.8. The number of carbonyl (C=O) groups is 1. The molecule has 0 atom stereocenters. The number of halogens is 5. The standard InChI is InChI=1S/C13H16ClF4N3O/c14-9-10(12(15)16)20-21(11(9)13(17)18)6-8(22)19-7-4-2-1-3-5-7/h7,12-13H,1-6H2,(H,19,22). The first-order valence-electron chi connectivity index (χ1n) is 7.02. The summed E-state index contributed by atoms with van der Waals surface area (Å²) in [5.74, 6) is -0.534. The van der Waals surface area contributed by atoms with E-state index in [0.717, 1.165) is 32.1 Å². The van der Waals surface area contributed by atoms with E-state index in [0.29, 0.717) is 4.68 Å². The summed E-state index contributed by atoms with van der Waals surface area (Å²) in [5.41, 5.74) is -1.78. The maximum atomic E-state index is 13.0. The Morgan fingerprint density at radius 3 is 2.41 bits per heavy atom. The molecular formula is C13H16ClF4N3O. The Morgan fingerprint density at radius 1 is 1.23 bits per heavy atom. The Bertz CT molecular complexity index is 530. The molecule has 9 heteroatoms. The Labute approximate surface area is 129 Å². The third kappa shape index (κ3) is 3.91. The van der Waals surface area contributed by atoms with Crippen LogP contribution in [0.1, 0.15) is 56.3 Å². The van der Waals surface area contributed by atoms with Gasteiger partial charge in [0, 0.05) is 6.04 Å². The molecule has 1 amide bonds. The molecule has 0 unspecified atom stereocenters. The molecule has 1 N–H and O–H groups in total. The van der Waals surface area contributed by atoms with Gasteiger partial charge in [-0.1, -0.05) is 30.9 Å². The first kappa shape index (κ1) is 17.1. The minimum Gasteiger partial charge on any atom is -0.352 e.